The molecule has 1 N–H and O–H groups in total. The Morgan fingerprint density at radius 2 is 1.75 bits per heavy atom. The number of aromatic nitrogens is 4. The van der Waals surface area contributed by atoms with Gasteiger partial charge in [-0.15, -0.1) is 5.10 Å². The van der Waals surface area contributed by atoms with Crippen molar-refractivity contribution in [3.05, 3.63) is 76.2 Å². The van der Waals surface area contributed by atoms with Crippen molar-refractivity contribution in [1.29, 1.82) is 0 Å². The zero-order chi connectivity index (χ0) is 23.1. The van der Waals surface area contributed by atoms with Crippen LogP contribution < -0.4 is 0 Å². The van der Waals surface area contributed by atoms with Gasteiger partial charge in [0.25, 0.3) is 0 Å². The van der Waals surface area contributed by atoms with Gasteiger partial charge in [0.05, 0.1) is 18.3 Å². The van der Waals surface area contributed by atoms with Gasteiger partial charge in [-0.05, 0) is 53.4 Å². The van der Waals surface area contributed by atoms with Crippen LogP contribution in [0.3, 0.4) is 0 Å². The van der Waals surface area contributed by atoms with Crippen LogP contribution in [0.4, 0.5) is 13.2 Å². The molecule has 4 aromatic rings. The molecule has 5 nitrogen and oxygen atoms in total. The Balaban J connectivity index is 1.66. The third-order valence-corrected chi connectivity index (χ3v) is 5.70. The van der Waals surface area contributed by atoms with Gasteiger partial charge in [-0.2, -0.15) is 13.2 Å². The van der Waals surface area contributed by atoms with Crippen molar-refractivity contribution in [1.82, 2.24) is 20.0 Å². The van der Waals surface area contributed by atoms with Gasteiger partial charge in [0.2, 0.25) is 5.60 Å². The second-order valence-corrected chi connectivity index (χ2v) is 8.25. The predicted molar refractivity (Wildman–Crippen MR) is 117 cm³/mol. The van der Waals surface area contributed by atoms with Crippen molar-refractivity contribution in [2.45, 2.75) is 31.7 Å². The van der Waals surface area contributed by atoms with Gasteiger partial charge < -0.3 is 5.11 Å². The van der Waals surface area contributed by atoms with Gasteiger partial charge in [-0.3, -0.25) is 4.98 Å². The molecule has 2 aromatic heterocycles. The Labute approximate surface area is 191 Å². The summed E-state index contributed by atoms with van der Waals surface area (Å²) in [5, 5.41) is 19.3. The van der Waals surface area contributed by atoms with Crippen LogP contribution in [0.5, 0.6) is 0 Å². The van der Waals surface area contributed by atoms with Gasteiger partial charge in [0, 0.05) is 21.6 Å². The summed E-state index contributed by atoms with van der Waals surface area (Å²) < 4.78 is 41.1. The highest BCUT2D eigenvalue weighted by atomic mass is 35.5. The number of benzene rings is 2. The maximum Gasteiger partial charge on any atom is 0.423 e. The molecule has 32 heavy (non-hydrogen) atoms. The van der Waals surface area contributed by atoms with E-state index in [1.54, 1.807) is 12.3 Å². The normalized spacial score (nSPS) is 14.0. The van der Waals surface area contributed by atoms with Crippen molar-refractivity contribution in [3.63, 3.8) is 0 Å². The van der Waals surface area contributed by atoms with Gasteiger partial charge in [0.1, 0.15) is 5.69 Å². The Morgan fingerprint density at radius 3 is 2.41 bits per heavy atom. The molecule has 0 saturated heterocycles. The molecule has 10 heteroatoms. The van der Waals surface area contributed by atoms with Gasteiger partial charge in [0.15, 0.2) is 0 Å². The van der Waals surface area contributed by atoms with E-state index < -0.39 is 23.9 Å². The number of nitrogens with zero attached hydrogens (tertiary/aromatic N) is 4. The average molecular weight is 481 g/mol. The standard InChI is InChI=1S/C22H17Cl2F3N4O/c1-2-21(32,22(25,26)27)20-12-31(30-29-20)11-13-3-4-18-17(5-6-28-19(18)7-13)14-8-15(23)10-16(24)9-14/h3-10,12,32H,2,11H2,1H3. The molecule has 166 valence electrons. The monoisotopic (exact) mass is 480 g/mol. The fourth-order valence-electron chi connectivity index (χ4n) is 3.53. The molecule has 0 aliphatic carbocycles. The molecule has 0 aliphatic heterocycles. The zero-order valence-electron chi connectivity index (χ0n) is 16.7. The molecule has 1 unspecified atom stereocenters. The third kappa shape index (κ3) is 4.18. The second kappa shape index (κ2) is 8.35. The number of hydrogen-bond acceptors (Lipinski definition) is 4. The first-order chi connectivity index (χ1) is 15.1. The van der Waals surface area contributed by atoms with E-state index in [2.05, 4.69) is 15.3 Å². The van der Waals surface area contributed by atoms with E-state index in [0.29, 0.717) is 15.6 Å². The van der Waals surface area contributed by atoms with Crippen LogP contribution in [-0.4, -0.2) is 31.3 Å². The number of alkyl halides is 3. The molecule has 1 atom stereocenters. The molecule has 0 amide bonds. The quantitative estimate of drug-likeness (QED) is 0.380. The van der Waals surface area contributed by atoms with Crippen LogP contribution in [0.1, 0.15) is 24.6 Å². The molecule has 0 radical (unpaired) electrons. The molecule has 2 heterocycles. The van der Waals surface area contributed by atoms with E-state index in [1.807, 2.05) is 36.4 Å². The topological polar surface area (TPSA) is 63.8 Å². The Bertz CT molecular complexity index is 1270. The first-order valence-electron chi connectivity index (χ1n) is 9.64. The molecule has 0 fully saturated rings. The maximum absolute atomic E-state index is 13.3. The van der Waals surface area contributed by atoms with Crippen LogP contribution in [0.15, 0.2) is 54.9 Å². The van der Waals surface area contributed by atoms with E-state index in [-0.39, 0.29) is 6.54 Å². The summed E-state index contributed by atoms with van der Waals surface area (Å²) in [6.07, 6.45) is -2.64. The van der Waals surface area contributed by atoms with Crippen molar-refractivity contribution >= 4 is 34.1 Å². The minimum Gasteiger partial charge on any atom is -0.375 e. The summed E-state index contributed by atoms with van der Waals surface area (Å²) in [6.45, 7) is 1.40. The molecular weight excluding hydrogens is 464 g/mol. The van der Waals surface area contributed by atoms with Gasteiger partial charge in [-0.25, -0.2) is 4.68 Å². The molecule has 0 bridgehead atoms. The van der Waals surface area contributed by atoms with Crippen molar-refractivity contribution in [2.75, 3.05) is 0 Å². The molecule has 0 saturated carbocycles. The number of pyridine rings is 1. The zero-order valence-corrected chi connectivity index (χ0v) is 18.2. The third-order valence-electron chi connectivity index (χ3n) is 5.27. The Hall–Kier alpha value is -2.68. The van der Waals surface area contributed by atoms with Crippen LogP contribution in [0.2, 0.25) is 10.0 Å². The number of fused-ring (bicyclic) bond motifs is 1. The van der Waals surface area contributed by atoms with Crippen LogP contribution in [0.25, 0.3) is 22.0 Å². The van der Waals surface area contributed by atoms with Crippen LogP contribution in [0, 0.1) is 0 Å². The smallest absolute Gasteiger partial charge is 0.375 e. The average Bonchev–Trinajstić information content (AvgIpc) is 3.20. The maximum atomic E-state index is 13.3. The van der Waals surface area contributed by atoms with E-state index >= 15 is 0 Å². The molecule has 4 rings (SSSR count). The summed E-state index contributed by atoms with van der Waals surface area (Å²) in [5.41, 5.74) is -0.386. The van der Waals surface area contributed by atoms with Crippen molar-refractivity contribution in [3.8, 4) is 11.1 Å². The van der Waals surface area contributed by atoms with E-state index in [4.69, 9.17) is 23.2 Å². The summed E-state index contributed by atoms with van der Waals surface area (Å²) in [6, 6.07) is 12.6. The van der Waals surface area contributed by atoms with Gasteiger partial charge in [-0.1, -0.05) is 47.5 Å². The highest BCUT2D eigenvalue weighted by Crippen LogP contribution is 2.40. The lowest BCUT2D eigenvalue weighted by molar-refractivity contribution is -0.269. The van der Waals surface area contributed by atoms with Crippen LogP contribution in [-0.2, 0) is 12.1 Å². The number of halogens is 5. The summed E-state index contributed by atoms with van der Waals surface area (Å²) in [5.74, 6) is 0. The lowest BCUT2D eigenvalue weighted by atomic mass is 9.96. The first kappa shape index (κ1) is 22.5. The van der Waals surface area contributed by atoms with E-state index in [0.717, 1.165) is 28.3 Å². The number of aliphatic hydroxyl groups is 1. The van der Waals surface area contributed by atoms with E-state index in [9.17, 15) is 18.3 Å². The second-order valence-electron chi connectivity index (χ2n) is 7.38. The summed E-state index contributed by atoms with van der Waals surface area (Å²) >= 11 is 12.3. The molecular formula is C22H17Cl2F3N4O. The summed E-state index contributed by atoms with van der Waals surface area (Å²) in [4.78, 5) is 4.40. The molecule has 0 aliphatic rings. The Kier molecular flexibility index (Phi) is 5.87. The van der Waals surface area contributed by atoms with Crippen molar-refractivity contribution < 1.29 is 18.3 Å². The minimum atomic E-state index is -4.85. The largest absolute Gasteiger partial charge is 0.423 e. The predicted octanol–water partition coefficient (Wildman–Crippen LogP) is 6.01. The summed E-state index contributed by atoms with van der Waals surface area (Å²) in [7, 11) is 0. The number of hydrogen-bond donors (Lipinski definition) is 1. The lowest BCUT2D eigenvalue weighted by Gasteiger charge is -2.26. The Morgan fingerprint density at radius 1 is 1.03 bits per heavy atom. The fraction of sp³-hybridized carbons (Fsp3) is 0.227. The highest BCUT2D eigenvalue weighted by molar-refractivity contribution is 6.35. The van der Waals surface area contributed by atoms with Gasteiger partial charge >= 0.3 is 6.18 Å². The first-order valence-corrected chi connectivity index (χ1v) is 10.4. The van der Waals surface area contributed by atoms with Crippen molar-refractivity contribution in [2.24, 2.45) is 0 Å². The molecule has 2 aromatic carbocycles. The molecule has 0 spiro atoms. The SMILES string of the molecule is CCC(O)(c1cn(Cc2ccc3c(-c4cc(Cl)cc(Cl)c4)ccnc3c2)nn1)C(F)(F)F. The van der Waals surface area contributed by atoms with E-state index in [1.165, 1.54) is 11.6 Å². The number of rotatable bonds is 5. The highest BCUT2D eigenvalue weighted by Gasteiger charge is 2.55. The minimum absolute atomic E-state index is 0.162. The fourth-order valence-corrected chi connectivity index (χ4v) is 4.06. The van der Waals surface area contributed by atoms with Crippen LogP contribution >= 0.6 is 23.2 Å². The lowest BCUT2D eigenvalue weighted by Crippen LogP contribution is -2.42.